The summed E-state index contributed by atoms with van der Waals surface area (Å²) in [6.07, 6.45) is 0.826. The van der Waals surface area contributed by atoms with Crippen LogP contribution in [0, 0.1) is 52.3 Å². The topological polar surface area (TPSA) is 118 Å². The van der Waals surface area contributed by atoms with E-state index in [2.05, 4.69) is 13.8 Å². The molecule has 0 heterocycles. The lowest BCUT2D eigenvalue weighted by atomic mass is 9.43. The molecule has 6 nitrogen and oxygen atoms in total. The molecule has 5 N–H and O–H groups in total. The number of ketones is 1. The lowest BCUT2D eigenvalue weighted by Crippen LogP contribution is -2.61. The highest BCUT2D eigenvalue weighted by molar-refractivity contribution is 5.83. The third-order valence-electron chi connectivity index (χ3n) is 10.8. The second-order valence-electron chi connectivity index (χ2n) is 13.1. The van der Waals surface area contributed by atoms with E-state index in [0.29, 0.717) is 38.5 Å². The molecule has 0 aromatic heterocycles. The Labute approximate surface area is 198 Å². The number of carbonyl (C=O) groups is 1. The second-order valence-corrected chi connectivity index (χ2v) is 13.1. The molecule has 33 heavy (non-hydrogen) atoms. The number of Topliss-reactive ketones (excluding diaryl/α,β-unsaturated/α-hetero) is 1. The van der Waals surface area contributed by atoms with Crippen LogP contribution in [0.3, 0.4) is 0 Å². The van der Waals surface area contributed by atoms with E-state index in [-0.39, 0.29) is 58.0 Å². The third-order valence-corrected chi connectivity index (χ3v) is 10.8. The van der Waals surface area contributed by atoms with Crippen molar-refractivity contribution in [2.75, 3.05) is 0 Å². The molecular formula is C27H46O6. The van der Waals surface area contributed by atoms with Gasteiger partial charge in [0.25, 0.3) is 0 Å². The molecule has 0 aliphatic heterocycles. The number of rotatable bonds is 5. The predicted molar refractivity (Wildman–Crippen MR) is 125 cm³/mol. The average molecular weight is 467 g/mol. The van der Waals surface area contributed by atoms with Crippen LogP contribution in [-0.4, -0.2) is 61.8 Å². The Bertz CT molecular complexity index is 740. The van der Waals surface area contributed by atoms with Gasteiger partial charge < -0.3 is 25.5 Å². The van der Waals surface area contributed by atoms with Crippen LogP contribution in [-0.2, 0) is 4.79 Å². The van der Waals surface area contributed by atoms with Gasteiger partial charge in [-0.1, -0.05) is 34.6 Å². The van der Waals surface area contributed by atoms with E-state index in [1.807, 2.05) is 20.8 Å². The van der Waals surface area contributed by atoms with Crippen LogP contribution in [0.4, 0.5) is 0 Å². The maximum atomic E-state index is 13.3. The zero-order valence-corrected chi connectivity index (χ0v) is 21.0. The monoisotopic (exact) mass is 466 g/mol. The Kier molecular flexibility index (Phi) is 6.85. The summed E-state index contributed by atoms with van der Waals surface area (Å²) in [6.45, 7) is 10.1. The van der Waals surface area contributed by atoms with Gasteiger partial charge in [-0.15, -0.1) is 0 Å². The highest BCUT2D eigenvalue weighted by Gasteiger charge is 2.66. The largest absolute Gasteiger partial charge is 0.393 e. The number of aliphatic hydroxyl groups is 5. The van der Waals surface area contributed by atoms with Crippen LogP contribution in [0.5, 0.6) is 0 Å². The molecule has 13 atom stereocenters. The maximum absolute atomic E-state index is 13.3. The van der Waals surface area contributed by atoms with Crippen molar-refractivity contribution in [3.63, 3.8) is 0 Å². The number of carbonyl (C=O) groups excluding carboxylic acids is 1. The number of fused-ring (bicyclic) bond motifs is 5. The Balaban J connectivity index is 1.60. The van der Waals surface area contributed by atoms with Gasteiger partial charge in [0, 0.05) is 12.3 Å². The maximum Gasteiger partial charge on any atom is 0.136 e. The van der Waals surface area contributed by atoms with Crippen LogP contribution < -0.4 is 0 Å². The summed E-state index contributed by atoms with van der Waals surface area (Å²) < 4.78 is 0. The first-order chi connectivity index (χ1) is 15.3. The van der Waals surface area contributed by atoms with E-state index in [9.17, 15) is 30.3 Å². The smallest absolute Gasteiger partial charge is 0.136 e. The average Bonchev–Trinajstić information content (AvgIpc) is 2.98. The van der Waals surface area contributed by atoms with Crippen LogP contribution in [0.15, 0.2) is 0 Å². The van der Waals surface area contributed by atoms with E-state index >= 15 is 0 Å². The fourth-order valence-electron chi connectivity index (χ4n) is 9.35. The van der Waals surface area contributed by atoms with Gasteiger partial charge in [0.05, 0.1) is 30.5 Å². The SMILES string of the molecule is CC(C)[C@H](O)[C@H](O)C[C@@H](C)[C@H]1[C@@H](O)C[C@H]2[C@@H]3CC(=O)[C@H]4C[C@@H](O)CC[C@]4(C)[C@H]3[C@H](O)C[C@]12C. The molecule has 0 spiro atoms. The fourth-order valence-corrected chi connectivity index (χ4v) is 9.35. The predicted octanol–water partition coefficient (Wildman–Crippen LogP) is 2.53. The van der Waals surface area contributed by atoms with Crippen molar-refractivity contribution in [3.8, 4) is 0 Å². The summed E-state index contributed by atoms with van der Waals surface area (Å²) in [6, 6.07) is 0. The molecular weight excluding hydrogens is 420 g/mol. The van der Waals surface area contributed by atoms with Crippen LogP contribution in [0.1, 0.15) is 79.6 Å². The first kappa shape index (κ1) is 25.6. The quantitative estimate of drug-likeness (QED) is 0.425. The lowest BCUT2D eigenvalue weighted by Gasteiger charge is -2.61. The van der Waals surface area contributed by atoms with E-state index in [1.165, 1.54) is 0 Å². The minimum atomic E-state index is -0.847. The summed E-state index contributed by atoms with van der Waals surface area (Å²) in [7, 11) is 0. The highest BCUT2D eigenvalue weighted by Crippen LogP contribution is 2.67. The van der Waals surface area contributed by atoms with Gasteiger partial charge in [-0.25, -0.2) is 0 Å². The van der Waals surface area contributed by atoms with Gasteiger partial charge in [-0.2, -0.15) is 0 Å². The molecule has 0 aromatic rings. The van der Waals surface area contributed by atoms with E-state index in [0.717, 1.165) is 6.42 Å². The molecule has 0 bridgehead atoms. The van der Waals surface area contributed by atoms with Crippen molar-refractivity contribution in [1.29, 1.82) is 0 Å². The van der Waals surface area contributed by atoms with Gasteiger partial charge in [-0.05, 0) is 84.9 Å². The Morgan fingerprint density at radius 1 is 1.00 bits per heavy atom. The second kappa shape index (κ2) is 8.85. The number of hydrogen-bond acceptors (Lipinski definition) is 6. The third kappa shape index (κ3) is 4.02. The zero-order chi connectivity index (χ0) is 24.5. The standard InChI is InChI=1S/C27H46O6/c1-13(2)25(33)21(31)8-14(3)23-20(30)11-17-16-10-19(29)18-9-15(28)6-7-26(18,4)24(16)22(32)12-27(17,23)5/h13-18,20-25,28,30-33H,6-12H2,1-5H3/t14-,15+,16+,17+,18-,20+,21-,22-,23+,24-,25+,26+,27+/m1/s1. The summed E-state index contributed by atoms with van der Waals surface area (Å²) in [5.74, 6) is 0.0775. The minimum absolute atomic E-state index is 0.0142. The molecule has 0 unspecified atom stereocenters. The molecule has 4 aliphatic rings. The van der Waals surface area contributed by atoms with Gasteiger partial charge in [-0.3, -0.25) is 4.79 Å². The summed E-state index contributed by atoms with van der Waals surface area (Å²) >= 11 is 0. The first-order valence-electron chi connectivity index (χ1n) is 13.2. The Morgan fingerprint density at radius 2 is 1.67 bits per heavy atom. The normalized spacial score (nSPS) is 50.3. The van der Waals surface area contributed by atoms with Crippen LogP contribution >= 0.6 is 0 Å². The summed E-state index contributed by atoms with van der Waals surface area (Å²) in [5, 5.41) is 53.9. The molecule has 0 saturated heterocycles. The van der Waals surface area contributed by atoms with Gasteiger partial charge in [0.2, 0.25) is 0 Å². The highest BCUT2D eigenvalue weighted by atomic mass is 16.3. The van der Waals surface area contributed by atoms with Crippen molar-refractivity contribution in [2.24, 2.45) is 52.3 Å². The van der Waals surface area contributed by atoms with Crippen molar-refractivity contribution >= 4 is 5.78 Å². The minimum Gasteiger partial charge on any atom is -0.393 e. The van der Waals surface area contributed by atoms with Crippen molar-refractivity contribution < 1.29 is 30.3 Å². The number of hydrogen-bond donors (Lipinski definition) is 5. The fraction of sp³-hybridized carbons (Fsp3) is 0.963. The molecule has 4 saturated carbocycles. The molecule has 4 fully saturated rings. The molecule has 4 rings (SSSR count). The van der Waals surface area contributed by atoms with Crippen molar-refractivity contribution in [2.45, 2.75) is 110 Å². The first-order valence-corrected chi connectivity index (χ1v) is 13.2. The number of aliphatic hydroxyl groups excluding tert-OH is 5. The van der Waals surface area contributed by atoms with Crippen LogP contribution in [0.2, 0.25) is 0 Å². The van der Waals surface area contributed by atoms with Crippen LogP contribution in [0.25, 0.3) is 0 Å². The van der Waals surface area contributed by atoms with Gasteiger partial charge >= 0.3 is 0 Å². The zero-order valence-electron chi connectivity index (χ0n) is 21.0. The van der Waals surface area contributed by atoms with Gasteiger partial charge in [0.1, 0.15) is 5.78 Å². The van der Waals surface area contributed by atoms with E-state index in [1.54, 1.807) is 0 Å². The van der Waals surface area contributed by atoms with Crippen molar-refractivity contribution in [3.05, 3.63) is 0 Å². The lowest BCUT2D eigenvalue weighted by molar-refractivity contribution is -0.185. The molecule has 0 aromatic carbocycles. The van der Waals surface area contributed by atoms with E-state index in [4.69, 9.17) is 0 Å². The Morgan fingerprint density at radius 3 is 2.30 bits per heavy atom. The summed E-state index contributed by atoms with van der Waals surface area (Å²) in [5.41, 5.74) is -0.619. The van der Waals surface area contributed by atoms with E-state index < -0.39 is 30.5 Å². The van der Waals surface area contributed by atoms with Gasteiger partial charge in [0.15, 0.2) is 0 Å². The molecule has 6 heteroatoms. The molecule has 0 radical (unpaired) electrons. The molecule has 0 amide bonds. The molecule has 4 aliphatic carbocycles. The van der Waals surface area contributed by atoms with Crippen molar-refractivity contribution in [1.82, 2.24) is 0 Å². The molecule has 190 valence electrons. The Hall–Kier alpha value is -0.530. The summed E-state index contributed by atoms with van der Waals surface area (Å²) in [4.78, 5) is 13.3.